The number of hydrogen-bond donors (Lipinski definition) is 1. The van der Waals surface area contributed by atoms with Gasteiger partial charge in [0.15, 0.2) is 0 Å². The van der Waals surface area contributed by atoms with E-state index >= 15 is 0 Å². The van der Waals surface area contributed by atoms with Crippen LogP contribution in [0.4, 0.5) is 0 Å². The molecular weight excluding hydrogens is 168 g/mol. The molecule has 0 aromatic carbocycles. The van der Waals surface area contributed by atoms with Crippen molar-refractivity contribution in [2.24, 2.45) is 5.92 Å². The Morgan fingerprint density at radius 1 is 1.54 bits per heavy atom. The minimum absolute atomic E-state index is 0.243. The molecule has 3 nitrogen and oxygen atoms in total. The average molecular weight is 186 g/mol. The van der Waals surface area contributed by atoms with Gasteiger partial charge in [-0.3, -0.25) is 4.79 Å². The number of ether oxygens (including phenoxy) is 1. The van der Waals surface area contributed by atoms with Gasteiger partial charge in [-0.25, -0.2) is 0 Å². The van der Waals surface area contributed by atoms with Gasteiger partial charge in [0.25, 0.3) is 0 Å². The molecule has 1 fully saturated rings. The van der Waals surface area contributed by atoms with Crippen molar-refractivity contribution in [3.63, 3.8) is 0 Å². The van der Waals surface area contributed by atoms with E-state index < -0.39 is 5.60 Å². The Labute approximate surface area is 79.1 Å². The van der Waals surface area contributed by atoms with Crippen molar-refractivity contribution in [2.45, 2.75) is 45.1 Å². The van der Waals surface area contributed by atoms with Crippen LogP contribution in [0.15, 0.2) is 0 Å². The molecule has 0 aromatic heterocycles. The molecule has 0 aliphatic heterocycles. The van der Waals surface area contributed by atoms with Crippen molar-refractivity contribution >= 4 is 5.97 Å². The number of aliphatic hydroxyl groups is 1. The van der Waals surface area contributed by atoms with E-state index in [1.807, 2.05) is 6.92 Å². The largest absolute Gasteiger partial charge is 0.466 e. The van der Waals surface area contributed by atoms with Gasteiger partial charge in [0, 0.05) is 0 Å². The van der Waals surface area contributed by atoms with Crippen molar-refractivity contribution in [3.05, 3.63) is 0 Å². The summed E-state index contributed by atoms with van der Waals surface area (Å²) in [5, 5.41) is 9.97. The molecule has 76 valence electrons. The van der Waals surface area contributed by atoms with E-state index in [0.29, 0.717) is 13.0 Å². The van der Waals surface area contributed by atoms with Crippen molar-refractivity contribution in [1.29, 1.82) is 0 Å². The molecule has 0 aromatic rings. The summed E-state index contributed by atoms with van der Waals surface area (Å²) >= 11 is 0. The van der Waals surface area contributed by atoms with E-state index in [2.05, 4.69) is 0 Å². The van der Waals surface area contributed by atoms with Gasteiger partial charge in [0.1, 0.15) is 0 Å². The second-order valence-electron chi connectivity index (χ2n) is 3.67. The van der Waals surface area contributed by atoms with E-state index in [9.17, 15) is 9.90 Å². The van der Waals surface area contributed by atoms with E-state index in [0.717, 1.165) is 19.3 Å². The molecule has 1 saturated carbocycles. The highest BCUT2D eigenvalue weighted by Gasteiger charge is 2.45. The lowest BCUT2D eigenvalue weighted by Gasteiger charge is -2.41. The summed E-state index contributed by atoms with van der Waals surface area (Å²) in [6, 6.07) is 0. The van der Waals surface area contributed by atoms with Crippen LogP contribution in [0.3, 0.4) is 0 Å². The van der Waals surface area contributed by atoms with Crippen molar-refractivity contribution in [3.8, 4) is 0 Å². The molecule has 0 bridgehead atoms. The lowest BCUT2D eigenvalue weighted by atomic mass is 9.70. The molecule has 1 rings (SSSR count). The van der Waals surface area contributed by atoms with Crippen LogP contribution in [0.2, 0.25) is 0 Å². The Kier molecular flexibility index (Phi) is 3.31. The highest BCUT2D eigenvalue weighted by atomic mass is 16.5. The summed E-state index contributed by atoms with van der Waals surface area (Å²) in [6.45, 7) is 4.10. The molecule has 1 unspecified atom stereocenters. The third-order valence-corrected chi connectivity index (χ3v) is 2.85. The van der Waals surface area contributed by atoms with Gasteiger partial charge in [0.05, 0.1) is 18.1 Å². The van der Waals surface area contributed by atoms with Crippen LogP contribution in [0, 0.1) is 5.92 Å². The van der Waals surface area contributed by atoms with Gasteiger partial charge < -0.3 is 9.84 Å². The van der Waals surface area contributed by atoms with Crippen molar-refractivity contribution in [2.75, 3.05) is 6.61 Å². The number of carbonyl (C=O) groups is 1. The molecule has 1 atom stereocenters. The summed E-state index contributed by atoms with van der Waals surface area (Å²) in [5.74, 6) is -0.562. The van der Waals surface area contributed by atoms with Gasteiger partial charge in [-0.2, -0.15) is 0 Å². The second-order valence-corrected chi connectivity index (χ2v) is 3.67. The molecule has 0 heterocycles. The van der Waals surface area contributed by atoms with Crippen molar-refractivity contribution < 1.29 is 14.6 Å². The summed E-state index contributed by atoms with van der Waals surface area (Å²) in [6.07, 6.45) is 3.16. The Balaban J connectivity index is 2.55. The summed E-state index contributed by atoms with van der Waals surface area (Å²) in [7, 11) is 0. The molecule has 0 amide bonds. The Hall–Kier alpha value is -0.570. The maximum absolute atomic E-state index is 11.4. The topological polar surface area (TPSA) is 46.5 Å². The molecular formula is C10H18O3. The first-order chi connectivity index (χ1) is 6.14. The summed E-state index contributed by atoms with van der Waals surface area (Å²) in [4.78, 5) is 11.4. The van der Waals surface area contributed by atoms with E-state index in [4.69, 9.17) is 4.74 Å². The van der Waals surface area contributed by atoms with E-state index in [-0.39, 0.29) is 11.9 Å². The first-order valence-electron chi connectivity index (χ1n) is 5.03. The Bertz CT molecular complexity index is 185. The monoisotopic (exact) mass is 186 g/mol. The standard InChI is InChI=1S/C10H18O3/c1-3-8(9(11)13-4-2)10(12)6-5-7-10/h8,12H,3-7H2,1-2H3. The van der Waals surface area contributed by atoms with Gasteiger partial charge in [-0.05, 0) is 32.6 Å². The minimum Gasteiger partial charge on any atom is -0.466 e. The maximum atomic E-state index is 11.4. The molecule has 0 spiro atoms. The highest BCUT2D eigenvalue weighted by molar-refractivity contribution is 5.74. The SMILES string of the molecule is CCOC(=O)C(CC)C1(O)CCC1. The fraction of sp³-hybridized carbons (Fsp3) is 0.900. The quantitative estimate of drug-likeness (QED) is 0.677. The zero-order valence-corrected chi connectivity index (χ0v) is 8.38. The normalized spacial score (nSPS) is 21.8. The molecule has 1 aliphatic carbocycles. The predicted molar refractivity (Wildman–Crippen MR) is 49.2 cm³/mol. The zero-order valence-electron chi connectivity index (χ0n) is 8.38. The number of rotatable bonds is 4. The van der Waals surface area contributed by atoms with Crippen molar-refractivity contribution in [1.82, 2.24) is 0 Å². The second kappa shape index (κ2) is 4.09. The van der Waals surface area contributed by atoms with Crippen LogP contribution >= 0.6 is 0 Å². The lowest BCUT2D eigenvalue weighted by Crippen LogP contribution is -2.48. The third kappa shape index (κ3) is 2.02. The summed E-state index contributed by atoms with van der Waals surface area (Å²) < 4.78 is 4.92. The van der Waals surface area contributed by atoms with Crippen LogP contribution in [0.1, 0.15) is 39.5 Å². The number of esters is 1. The molecule has 0 saturated heterocycles. The molecule has 3 heteroatoms. The van der Waals surface area contributed by atoms with Crippen LogP contribution < -0.4 is 0 Å². The van der Waals surface area contributed by atoms with E-state index in [1.165, 1.54) is 0 Å². The van der Waals surface area contributed by atoms with Gasteiger partial charge in [-0.15, -0.1) is 0 Å². The fourth-order valence-corrected chi connectivity index (χ4v) is 1.90. The van der Waals surface area contributed by atoms with Crippen LogP contribution in [-0.2, 0) is 9.53 Å². The van der Waals surface area contributed by atoms with E-state index in [1.54, 1.807) is 6.92 Å². The van der Waals surface area contributed by atoms with Crippen LogP contribution in [0.25, 0.3) is 0 Å². The molecule has 1 N–H and O–H groups in total. The maximum Gasteiger partial charge on any atom is 0.311 e. The van der Waals surface area contributed by atoms with Gasteiger partial charge in [0.2, 0.25) is 0 Å². The minimum atomic E-state index is -0.763. The number of hydrogen-bond acceptors (Lipinski definition) is 3. The Morgan fingerprint density at radius 2 is 2.15 bits per heavy atom. The molecule has 13 heavy (non-hydrogen) atoms. The number of carbonyl (C=O) groups excluding carboxylic acids is 1. The lowest BCUT2D eigenvalue weighted by molar-refractivity contribution is -0.166. The summed E-state index contributed by atoms with van der Waals surface area (Å²) in [5.41, 5.74) is -0.763. The van der Waals surface area contributed by atoms with Gasteiger partial charge >= 0.3 is 5.97 Å². The molecule has 0 radical (unpaired) electrons. The van der Waals surface area contributed by atoms with Gasteiger partial charge in [-0.1, -0.05) is 6.92 Å². The molecule has 1 aliphatic rings. The average Bonchev–Trinajstić information content (AvgIpc) is 2.03. The fourth-order valence-electron chi connectivity index (χ4n) is 1.90. The zero-order chi connectivity index (χ0) is 9.90. The highest BCUT2D eigenvalue weighted by Crippen LogP contribution is 2.40. The first kappa shape index (κ1) is 10.5. The predicted octanol–water partition coefficient (Wildman–Crippen LogP) is 1.49. The van der Waals surface area contributed by atoms with Crippen LogP contribution in [0.5, 0.6) is 0 Å². The Morgan fingerprint density at radius 3 is 2.46 bits per heavy atom. The smallest absolute Gasteiger partial charge is 0.311 e. The van der Waals surface area contributed by atoms with Crippen LogP contribution in [-0.4, -0.2) is 23.3 Å². The third-order valence-electron chi connectivity index (χ3n) is 2.85. The first-order valence-corrected chi connectivity index (χ1v) is 5.03.